The van der Waals surface area contributed by atoms with Gasteiger partial charge in [-0.25, -0.2) is 9.78 Å². The normalized spacial score (nSPS) is 10.2. The van der Waals surface area contributed by atoms with E-state index in [9.17, 15) is 4.79 Å². The van der Waals surface area contributed by atoms with Crippen LogP contribution < -0.4 is 5.32 Å². The number of aromatic nitrogens is 1. The smallest absolute Gasteiger partial charge is 0.337 e. The van der Waals surface area contributed by atoms with E-state index < -0.39 is 5.97 Å². The van der Waals surface area contributed by atoms with E-state index in [0.717, 1.165) is 11.3 Å². The molecule has 0 amide bonds. The lowest BCUT2D eigenvalue weighted by Crippen LogP contribution is -2.06. The highest BCUT2D eigenvalue weighted by atomic mass is 32.1. The van der Waals surface area contributed by atoms with E-state index in [2.05, 4.69) is 10.3 Å². The van der Waals surface area contributed by atoms with Gasteiger partial charge in [0.1, 0.15) is 0 Å². The number of carboxylic acids is 1. The number of hydrogen-bond acceptors (Lipinski definition) is 4. The number of nitrogens with zero attached hydrogens (tertiary/aromatic N) is 1. The Morgan fingerprint density at radius 2 is 2.35 bits per heavy atom. The van der Waals surface area contributed by atoms with Crippen molar-refractivity contribution in [3.63, 3.8) is 0 Å². The van der Waals surface area contributed by atoms with Crippen LogP contribution in [0.5, 0.6) is 0 Å². The summed E-state index contributed by atoms with van der Waals surface area (Å²) in [6.07, 6.45) is 0. The van der Waals surface area contributed by atoms with Crippen molar-refractivity contribution < 1.29 is 9.90 Å². The lowest BCUT2D eigenvalue weighted by atomic mass is 10.1. The van der Waals surface area contributed by atoms with Crippen LogP contribution in [-0.4, -0.2) is 16.1 Å². The molecule has 4 nitrogen and oxygen atoms in total. The second kappa shape index (κ2) is 4.97. The van der Waals surface area contributed by atoms with E-state index in [1.165, 1.54) is 11.3 Å². The minimum absolute atomic E-state index is 0.283. The van der Waals surface area contributed by atoms with Crippen molar-refractivity contribution in [1.29, 1.82) is 0 Å². The van der Waals surface area contributed by atoms with Crippen molar-refractivity contribution in [2.24, 2.45) is 0 Å². The number of thiazole rings is 1. The number of aromatic carboxylic acids is 1. The summed E-state index contributed by atoms with van der Waals surface area (Å²) in [4.78, 5) is 15.2. The number of anilines is 1. The van der Waals surface area contributed by atoms with Gasteiger partial charge in [-0.2, -0.15) is 0 Å². The molecule has 0 radical (unpaired) electrons. The van der Waals surface area contributed by atoms with Crippen molar-refractivity contribution in [1.82, 2.24) is 4.98 Å². The molecule has 0 spiro atoms. The maximum atomic E-state index is 11.0. The highest BCUT2D eigenvalue weighted by Crippen LogP contribution is 2.18. The molecule has 0 atom stereocenters. The molecule has 0 unspecified atom stereocenters. The van der Waals surface area contributed by atoms with Gasteiger partial charge < -0.3 is 10.4 Å². The number of rotatable bonds is 4. The number of nitrogens with one attached hydrogen (secondary N) is 1. The number of benzene rings is 1. The molecule has 88 valence electrons. The van der Waals surface area contributed by atoms with Crippen LogP contribution in [0.1, 0.15) is 21.6 Å². The van der Waals surface area contributed by atoms with Crippen LogP contribution in [0.4, 0.5) is 5.69 Å². The Bertz CT molecular complexity index is 523. The third-order valence-corrected chi connectivity index (χ3v) is 2.98. The Labute approximate surface area is 103 Å². The number of hydrogen-bond donors (Lipinski definition) is 2. The molecule has 0 aliphatic heterocycles. The predicted molar refractivity (Wildman–Crippen MR) is 67.6 cm³/mol. The Kier molecular flexibility index (Phi) is 3.39. The zero-order chi connectivity index (χ0) is 12.3. The van der Waals surface area contributed by atoms with Crippen molar-refractivity contribution in [3.8, 4) is 0 Å². The van der Waals surface area contributed by atoms with Crippen molar-refractivity contribution in [3.05, 3.63) is 45.9 Å². The Balaban J connectivity index is 2.19. The van der Waals surface area contributed by atoms with Gasteiger partial charge in [0.05, 0.1) is 23.3 Å². The molecular formula is C12H12N2O2S. The summed E-state index contributed by atoms with van der Waals surface area (Å²) >= 11 is 1.52. The highest BCUT2D eigenvalue weighted by molar-refractivity contribution is 7.07. The summed E-state index contributed by atoms with van der Waals surface area (Å²) in [6.45, 7) is 2.47. The van der Waals surface area contributed by atoms with E-state index in [0.29, 0.717) is 12.2 Å². The average Bonchev–Trinajstić information content (AvgIpc) is 2.78. The second-order valence-electron chi connectivity index (χ2n) is 3.69. The largest absolute Gasteiger partial charge is 0.478 e. The van der Waals surface area contributed by atoms with E-state index in [4.69, 9.17) is 5.11 Å². The maximum absolute atomic E-state index is 11.0. The Morgan fingerprint density at radius 3 is 3.00 bits per heavy atom. The third-order valence-electron chi connectivity index (χ3n) is 2.35. The topological polar surface area (TPSA) is 62.2 Å². The molecule has 2 aromatic rings. The summed E-state index contributed by atoms with van der Waals surface area (Å²) in [5.41, 5.74) is 4.60. The van der Waals surface area contributed by atoms with Crippen molar-refractivity contribution in [2.75, 3.05) is 5.32 Å². The Morgan fingerprint density at radius 1 is 1.53 bits per heavy atom. The first kappa shape index (κ1) is 11.6. The first-order valence-corrected chi connectivity index (χ1v) is 6.06. The maximum Gasteiger partial charge on any atom is 0.337 e. The van der Waals surface area contributed by atoms with E-state index in [-0.39, 0.29) is 5.56 Å². The molecule has 0 aliphatic rings. The molecule has 0 fully saturated rings. The van der Waals surface area contributed by atoms with Crippen LogP contribution in [0.15, 0.2) is 29.1 Å². The average molecular weight is 248 g/mol. The second-order valence-corrected chi connectivity index (χ2v) is 4.41. The fraction of sp³-hybridized carbons (Fsp3) is 0.167. The summed E-state index contributed by atoms with van der Waals surface area (Å²) in [5.74, 6) is -0.925. The molecule has 1 aromatic heterocycles. The summed E-state index contributed by atoms with van der Waals surface area (Å²) < 4.78 is 0. The van der Waals surface area contributed by atoms with Crippen molar-refractivity contribution >= 4 is 23.0 Å². The van der Waals surface area contributed by atoms with Crippen LogP contribution in [0.2, 0.25) is 0 Å². The van der Waals surface area contributed by atoms with Gasteiger partial charge in [0.25, 0.3) is 0 Å². The summed E-state index contributed by atoms with van der Waals surface area (Å²) in [6, 6.07) is 5.23. The van der Waals surface area contributed by atoms with Crippen LogP contribution in [-0.2, 0) is 6.54 Å². The summed E-state index contributed by atoms with van der Waals surface area (Å²) in [7, 11) is 0. The number of carboxylic acid groups (broad SMARTS) is 1. The molecule has 17 heavy (non-hydrogen) atoms. The fourth-order valence-corrected chi connectivity index (χ4v) is 2.06. The zero-order valence-electron chi connectivity index (χ0n) is 9.30. The SMILES string of the molecule is Cc1ccc(C(=O)O)c(NCc2cscn2)c1. The van der Waals surface area contributed by atoms with Crippen molar-refractivity contribution in [2.45, 2.75) is 13.5 Å². The van der Waals surface area contributed by atoms with Crippen LogP contribution in [0.3, 0.4) is 0 Å². The van der Waals surface area contributed by atoms with Gasteiger partial charge >= 0.3 is 5.97 Å². The molecule has 0 saturated heterocycles. The van der Waals surface area contributed by atoms with Gasteiger partial charge in [-0.3, -0.25) is 0 Å². The van der Waals surface area contributed by atoms with E-state index in [1.807, 2.05) is 18.4 Å². The highest BCUT2D eigenvalue weighted by Gasteiger charge is 2.09. The number of carbonyl (C=O) groups is 1. The first-order valence-electron chi connectivity index (χ1n) is 5.11. The lowest BCUT2D eigenvalue weighted by molar-refractivity contribution is 0.0698. The zero-order valence-corrected chi connectivity index (χ0v) is 10.1. The van der Waals surface area contributed by atoms with Gasteiger partial charge in [0.15, 0.2) is 0 Å². The standard InChI is InChI=1S/C12H12N2O2S/c1-8-2-3-10(12(15)16)11(4-8)13-5-9-6-17-7-14-9/h2-4,6-7,13H,5H2,1H3,(H,15,16). The molecule has 1 heterocycles. The lowest BCUT2D eigenvalue weighted by Gasteiger charge is -2.09. The molecule has 0 aliphatic carbocycles. The van der Waals surface area contributed by atoms with Crippen LogP contribution in [0, 0.1) is 6.92 Å². The van der Waals surface area contributed by atoms with Crippen LogP contribution >= 0.6 is 11.3 Å². The van der Waals surface area contributed by atoms with Gasteiger partial charge in [0, 0.05) is 11.1 Å². The quantitative estimate of drug-likeness (QED) is 0.873. The molecule has 2 rings (SSSR count). The predicted octanol–water partition coefficient (Wildman–Crippen LogP) is 2.76. The number of aryl methyl sites for hydroxylation is 1. The molecule has 1 aromatic carbocycles. The first-order chi connectivity index (χ1) is 8.16. The molecule has 0 bridgehead atoms. The van der Waals surface area contributed by atoms with Gasteiger partial charge in [0.2, 0.25) is 0 Å². The molecule has 5 heteroatoms. The van der Waals surface area contributed by atoms with Gasteiger partial charge in [-0.1, -0.05) is 6.07 Å². The third kappa shape index (κ3) is 2.82. The minimum Gasteiger partial charge on any atom is -0.478 e. The van der Waals surface area contributed by atoms with E-state index in [1.54, 1.807) is 17.6 Å². The van der Waals surface area contributed by atoms with E-state index >= 15 is 0 Å². The fourth-order valence-electron chi connectivity index (χ4n) is 1.50. The molecular weight excluding hydrogens is 236 g/mol. The molecule has 0 saturated carbocycles. The molecule has 2 N–H and O–H groups in total. The monoisotopic (exact) mass is 248 g/mol. The summed E-state index contributed by atoms with van der Waals surface area (Å²) in [5, 5.41) is 14.1. The Hall–Kier alpha value is -1.88. The minimum atomic E-state index is -0.925. The van der Waals surface area contributed by atoms with Gasteiger partial charge in [-0.05, 0) is 24.6 Å². The van der Waals surface area contributed by atoms with Crippen LogP contribution in [0.25, 0.3) is 0 Å². The van der Waals surface area contributed by atoms with Gasteiger partial charge in [-0.15, -0.1) is 11.3 Å².